The minimum Gasteiger partial charge on any atom is -0.462 e. The molecule has 4 aromatic rings. The monoisotopic (exact) mass is 482 g/mol. The van der Waals surface area contributed by atoms with E-state index >= 15 is 0 Å². The molecule has 2 aromatic carbocycles. The number of esters is 1. The van der Waals surface area contributed by atoms with Crippen molar-refractivity contribution in [2.24, 2.45) is 7.05 Å². The molecule has 2 heterocycles. The predicted octanol–water partition coefficient (Wildman–Crippen LogP) is 3.58. The fourth-order valence-electron chi connectivity index (χ4n) is 2.89. The van der Waals surface area contributed by atoms with Gasteiger partial charge in [0.15, 0.2) is 5.16 Å². The number of thioether (sulfide) groups is 1. The Morgan fingerprint density at radius 3 is 2.56 bits per heavy atom. The van der Waals surface area contributed by atoms with Gasteiger partial charge in [0, 0.05) is 18.3 Å². The summed E-state index contributed by atoms with van der Waals surface area (Å²) in [5.41, 5.74) is 1.56. The quantitative estimate of drug-likeness (QED) is 0.296. The van der Waals surface area contributed by atoms with Crippen LogP contribution < -0.4 is 5.32 Å². The Morgan fingerprint density at radius 1 is 1.12 bits per heavy atom. The number of hydrogen-bond donors (Lipinski definition) is 1. The van der Waals surface area contributed by atoms with Crippen LogP contribution in [0.5, 0.6) is 0 Å². The van der Waals surface area contributed by atoms with Crippen LogP contribution in [0.3, 0.4) is 0 Å². The molecule has 0 radical (unpaired) electrons. The van der Waals surface area contributed by atoms with Gasteiger partial charge in [0.2, 0.25) is 17.6 Å². The van der Waals surface area contributed by atoms with Crippen molar-refractivity contribution in [1.82, 2.24) is 24.9 Å². The number of nitrogens with one attached hydrogen (secondary N) is 1. The zero-order valence-corrected chi connectivity index (χ0v) is 19.0. The van der Waals surface area contributed by atoms with Crippen molar-refractivity contribution in [3.63, 3.8) is 0 Å². The lowest BCUT2D eigenvalue weighted by atomic mass is 10.2. The Morgan fingerprint density at radius 2 is 1.85 bits per heavy atom. The van der Waals surface area contributed by atoms with E-state index in [0.717, 1.165) is 0 Å². The predicted molar refractivity (Wildman–Crippen MR) is 121 cm³/mol. The molecule has 0 aliphatic rings. The Hall–Kier alpha value is -4.06. The van der Waals surface area contributed by atoms with Gasteiger partial charge in [-0.05, 0) is 55.5 Å². The average Bonchev–Trinajstić information content (AvgIpc) is 3.45. The number of benzene rings is 2. The molecule has 174 valence electrons. The number of rotatable bonds is 8. The highest BCUT2D eigenvalue weighted by Gasteiger charge is 2.19. The summed E-state index contributed by atoms with van der Waals surface area (Å²) in [4.78, 5) is 28.3. The molecule has 0 bridgehead atoms. The molecule has 0 fully saturated rings. The summed E-state index contributed by atoms with van der Waals surface area (Å²) in [6.07, 6.45) is 0. The van der Waals surface area contributed by atoms with Gasteiger partial charge in [0.1, 0.15) is 5.82 Å². The summed E-state index contributed by atoms with van der Waals surface area (Å²) in [6.45, 7) is 2.03. The summed E-state index contributed by atoms with van der Waals surface area (Å²) < 4.78 is 25.0. The van der Waals surface area contributed by atoms with Gasteiger partial charge < -0.3 is 19.1 Å². The summed E-state index contributed by atoms with van der Waals surface area (Å²) in [7, 11) is 1.71. The molecular weight excluding hydrogens is 463 g/mol. The Balaban J connectivity index is 1.36. The van der Waals surface area contributed by atoms with Crippen molar-refractivity contribution in [3.8, 4) is 23.1 Å². The van der Waals surface area contributed by atoms with Gasteiger partial charge in [-0.1, -0.05) is 16.9 Å². The summed E-state index contributed by atoms with van der Waals surface area (Å²) in [5, 5.41) is 15.3. The maximum absolute atomic E-state index is 13.1. The largest absolute Gasteiger partial charge is 0.462 e. The molecule has 0 atom stereocenters. The summed E-state index contributed by atoms with van der Waals surface area (Å²) >= 11 is 1.18. The highest BCUT2D eigenvalue weighted by Crippen LogP contribution is 2.24. The fourth-order valence-corrected chi connectivity index (χ4v) is 3.60. The number of aromatic nitrogens is 5. The van der Waals surface area contributed by atoms with Crippen LogP contribution in [0.15, 0.2) is 58.2 Å². The lowest BCUT2D eigenvalue weighted by molar-refractivity contribution is -0.113. The van der Waals surface area contributed by atoms with Gasteiger partial charge in [-0.15, -0.1) is 10.2 Å². The van der Waals surface area contributed by atoms with Crippen LogP contribution in [-0.4, -0.2) is 49.1 Å². The van der Waals surface area contributed by atoms with Gasteiger partial charge in [-0.2, -0.15) is 4.98 Å². The van der Waals surface area contributed by atoms with E-state index in [2.05, 4.69) is 25.7 Å². The third-order valence-electron chi connectivity index (χ3n) is 4.57. The number of hydrogen-bond acceptors (Lipinski definition) is 9. The van der Waals surface area contributed by atoms with E-state index in [1.807, 2.05) is 0 Å². The highest BCUT2D eigenvalue weighted by molar-refractivity contribution is 7.99. The third kappa shape index (κ3) is 5.29. The molecule has 0 unspecified atom stereocenters. The van der Waals surface area contributed by atoms with E-state index in [1.165, 1.54) is 23.9 Å². The summed E-state index contributed by atoms with van der Waals surface area (Å²) in [5.74, 6) is -0.183. The number of halogens is 1. The first-order chi connectivity index (χ1) is 16.4. The van der Waals surface area contributed by atoms with Gasteiger partial charge >= 0.3 is 5.97 Å². The van der Waals surface area contributed by atoms with Crippen molar-refractivity contribution < 1.29 is 23.2 Å². The van der Waals surface area contributed by atoms with Crippen molar-refractivity contribution in [3.05, 3.63) is 59.9 Å². The second-order valence-corrected chi connectivity index (χ2v) is 7.87. The number of carbonyl (C=O) groups is 2. The lowest BCUT2D eigenvalue weighted by Crippen LogP contribution is -2.14. The number of amides is 1. The molecule has 0 saturated carbocycles. The highest BCUT2D eigenvalue weighted by atomic mass is 32.2. The molecule has 0 aliphatic heterocycles. The van der Waals surface area contributed by atoms with E-state index in [1.54, 1.807) is 54.9 Å². The number of nitrogens with zero attached hydrogens (tertiary/aromatic N) is 5. The van der Waals surface area contributed by atoms with E-state index in [4.69, 9.17) is 9.26 Å². The van der Waals surface area contributed by atoms with Crippen LogP contribution in [0.2, 0.25) is 0 Å². The Kier molecular flexibility index (Phi) is 6.97. The van der Waals surface area contributed by atoms with Gasteiger partial charge in [0.05, 0.1) is 17.9 Å². The van der Waals surface area contributed by atoms with Crippen molar-refractivity contribution in [2.75, 3.05) is 17.7 Å². The van der Waals surface area contributed by atoms with E-state index in [-0.39, 0.29) is 23.4 Å². The Labute approximate surface area is 197 Å². The van der Waals surface area contributed by atoms with Crippen LogP contribution in [0.25, 0.3) is 23.1 Å². The molecule has 34 heavy (non-hydrogen) atoms. The molecular formula is C22H19FN6O4S. The zero-order chi connectivity index (χ0) is 24.1. The normalized spacial score (nSPS) is 10.8. The number of carbonyl (C=O) groups excluding carboxylic acids is 2. The molecule has 0 spiro atoms. The molecule has 12 heteroatoms. The smallest absolute Gasteiger partial charge is 0.338 e. The van der Waals surface area contributed by atoms with E-state index in [9.17, 15) is 14.0 Å². The fraction of sp³-hybridized carbons (Fsp3) is 0.182. The maximum Gasteiger partial charge on any atom is 0.338 e. The molecule has 1 amide bonds. The van der Waals surface area contributed by atoms with Crippen molar-refractivity contribution in [1.29, 1.82) is 0 Å². The topological polar surface area (TPSA) is 125 Å². The van der Waals surface area contributed by atoms with E-state index in [0.29, 0.717) is 40.2 Å². The molecule has 1 N–H and O–H groups in total. The average molecular weight is 482 g/mol. The second kappa shape index (κ2) is 10.3. The first-order valence-electron chi connectivity index (χ1n) is 10.1. The first kappa shape index (κ1) is 23.1. The van der Waals surface area contributed by atoms with Crippen molar-refractivity contribution in [2.45, 2.75) is 12.1 Å². The molecule has 0 saturated heterocycles. The van der Waals surface area contributed by atoms with Crippen LogP contribution in [0.1, 0.15) is 17.3 Å². The van der Waals surface area contributed by atoms with Crippen molar-refractivity contribution >= 4 is 29.3 Å². The number of ether oxygens (including phenoxy) is 1. The SMILES string of the molecule is CCOC(=O)c1ccc(NC(=O)CSc2nnc(-c3nc(-c4ccc(F)cc4)no3)n2C)cc1. The standard InChI is InChI=1S/C22H19FN6O4S/c1-3-32-21(31)14-6-10-16(11-7-14)24-17(30)12-34-22-27-26-19(29(22)2)20-25-18(28-33-20)13-4-8-15(23)9-5-13/h4-11H,3,12H2,1-2H3,(H,24,30). The minimum absolute atomic E-state index is 0.0796. The van der Waals surface area contributed by atoms with Crippen LogP contribution in [-0.2, 0) is 16.6 Å². The van der Waals surface area contributed by atoms with E-state index < -0.39 is 5.97 Å². The molecule has 4 rings (SSSR count). The third-order valence-corrected chi connectivity index (χ3v) is 5.59. The molecule has 2 aromatic heterocycles. The van der Waals surface area contributed by atoms with Gasteiger partial charge in [0.25, 0.3) is 5.89 Å². The Bertz CT molecular complexity index is 1300. The van der Waals surface area contributed by atoms with Gasteiger partial charge in [-0.3, -0.25) is 4.79 Å². The summed E-state index contributed by atoms with van der Waals surface area (Å²) in [6, 6.07) is 12.1. The van der Waals surface area contributed by atoms with Crippen LogP contribution in [0, 0.1) is 5.82 Å². The molecule has 10 nitrogen and oxygen atoms in total. The maximum atomic E-state index is 13.1. The minimum atomic E-state index is -0.417. The number of anilines is 1. The second-order valence-electron chi connectivity index (χ2n) is 6.93. The van der Waals surface area contributed by atoms with Crippen LogP contribution >= 0.6 is 11.8 Å². The zero-order valence-electron chi connectivity index (χ0n) is 18.2. The first-order valence-corrected chi connectivity index (χ1v) is 11.1. The molecule has 0 aliphatic carbocycles. The van der Waals surface area contributed by atoms with Gasteiger partial charge in [-0.25, -0.2) is 9.18 Å². The van der Waals surface area contributed by atoms with Crippen LogP contribution in [0.4, 0.5) is 10.1 Å². The lowest BCUT2D eigenvalue weighted by Gasteiger charge is -2.06.